The number of carbonyl (C=O) groups excluding carboxylic acids is 2. The molecule has 0 unspecified atom stereocenters. The van der Waals surface area contributed by atoms with Gasteiger partial charge in [-0.15, -0.1) is 0 Å². The van der Waals surface area contributed by atoms with E-state index in [1.165, 1.54) is 25.4 Å². The summed E-state index contributed by atoms with van der Waals surface area (Å²) >= 11 is 12.2. The number of hydrogen-bond donors (Lipinski definition) is 3. The minimum Gasteiger partial charge on any atom is -0.392 e. The van der Waals surface area contributed by atoms with Crippen LogP contribution in [0.3, 0.4) is 0 Å². The summed E-state index contributed by atoms with van der Waals surface area (Å²) in [6.45, 7) is -0.384. The number of aliphatic hydroxyl groups excluding tert-OH is 1. The van der Waals surface area contributed by atoms with E-state index in [4.69, 9.17) is 23.2 Å². The largest absolute Gasteiger partial charge is 0.392 e. The Kier molecular flexibility index (Phi) is 8.51. The number of aliphatic hydroxyl groups is 1. The minimum absolute atomic E-state index is 0.0570. The highest BCUT2D eigenvalue weighted by Gasteiger charge is 2.26. The summed E-state index contributed by atoms with van der Waals surface area (Å²) in [5, 5.41) is 16.1. The highest BCUT2D eigenvalue weighted by Crippen LogP contribution is 2.25. The maximum absolute atomic E-state index is 12.9. The van der Waals surface area contributed by atoms with Crippen LogP contribution in [0.4, 0.5) is 0 Å². The number of benzene rings is 2. The first-order valence-corrected chi connectivity index (χ1v) is 13.1. The number of sulfonamides is 1. The topological polar surface area (TPSA) is 147 Å². The van der Waals surface area contributed by atoms with Crippen molar-refractivity contribution >= 4 is 45.0 Å². The van der Waals surface area contributed by atoms with Gasteiger partial charge in [-0.25, -0.2) is 13.1 Å². The quantitative estimate of drug-likeness (QED) is 0.385. The average molecular weight is 553 g/mol. The van der Waals surface area contributed by atoms with Crippen LogP contribution in [0.2, 0.25) is 10.0 Å². The van der Waals surface area contributed by atoms with Crippen LogP contribution in [0, 0.1) is 0 Å². The van der Waals surface area contributed by atoms with Crippen molar-refractivity contribution in [2.75, 3.05) is 6.26 Å². The Morgan fingerprint density at radius 3 is 2.28 bits per heavy atom. The van der Waals surface area contributed by atoms with Crippen molar-refractivity contribution in [3.8, 4) is 11.1 Å². The Hall–Kier alpha value is -3.25. The van der Waals surface area contributed by atoms with Crippen LogP contribution in [0.5, 0.6) is 0 Å². The van der Waals surface area contributed by atoms with E-state index in [9.17, 15) is 27.9 Å². The van der Waals surface area contributed by atoms with Crippen LogP contribution in [0.15, 0.2) is 53.5 Å². The molecule has 0 spiro atoms. The number of nitrogens with zero attached hydrogens (tertiary/aromatic N) is 2. The summed E-state index contributed by atoms with van der Waals surface area (Å²) in [6.07, 6.45) is 2.12. The number of amides is 2. The number of hydrogen-bond acceptors (Lipinski definition) is 7. The number of aryl methyl sites for hydroxylation is 1. The third-order valence-corrected chi connectivity index (χ3v) is 6.37. The van der Waals surface area contributed by atoms with Gasteiger partial charge in [0.05, 0.1) is 40.2 Å². The van der Waals surface area contributed by atoms with Gasteiger partial charge in [0, 0.05) is 19.0 Å². The number of rotatable bonds is 8. The lowest BCUT2D eigenvalue weighted by molar-refractivity contribution is -0.121. The van der Waals surface area contributed by atoms with Gasteiger partial charge in [-0.1, -0.05) is 53.5 Å². The van der Waals surface area contributed by atoms with Gasteiger partial charge in [0.25, 0.3) is 17.4 Å². The van der Waals surface area contributed by atoms with E-state index >= 15 is 0 Å². The van der Waals surface area contributed by atoms with Crippen molar-refractivity contribution in [2.24, 2.45) is 7.05 Å². The smallest absolute Gasteiger partial charge is 0.274 e. The predicted octanol–water partition coefficient (Wildman–Crippen LogP) is 1.66. The SMILES string of the molecule is Cn1ncc(CO)c(-c2ccc(C[C@H](NC(=O)c3c(Cl)cccc3Cl)C(=O)NS(C)(=O)=O)cc2)c1=O. The molecule has 0 saturated heterocycles. The molecule has 1 aromatic heterocycles. The third kappa shape index (κ3) is 6.49. The second-order valence-corrected chi connectivity index (χ2v) is 10.5. The molecule has 3 N–H and O–H groups in total. The molecule has 0 saturated carbocycles. The molecule has 0 aliphatic heterocycles. The summed E-state index contributed by atoms with van der Waals surface area (Å²) in [4.78, 5) is 38.1. The van der Waals surface area contributed by atoms with Crippen molar-refractivity contribution in [3.63, 3.8) is 0 Å². The maximum Gasteiger partial charge on any atom is 0.274 e. The molecule has 36 heavy (non-hydrogen) atoms. The molecular weight excluding hydrogens is 531 g/mol. The lowest BCUT2D eigenvalue weighted by Crippen LogP contribution is -2.49. The van der Waals surface area contributed by atoms with E-state index in [-0.39, 0.29) is 34.2 Å². The fraction of sp³-hybridized carbons (Fsp3) is 0.217. The summed E-state index contributed by atoms with van der Waals surface area (Å²) in [5.74, 6) is -1.72. The lowest BCUT2D eigenvalue weighted by Gasteiger charge is -2.19. The molecule has 1 atom stereocenters. The van der Waals surface area contributed by atoms with Gasteiger partial charge in [-0.05, 0) is 23.3 Å². The van der Waals surface area contributed by atoms with Crippen molar-refractivity contribution in [3.05, 3.63) is 85.8 Å². The van der Waals surface area contributed by atoms with Crippen LogP contribution in [0.1, 0.15) is 21.5 Å². The van der Waals surface area contributed by atoms with E-state index in [1.54, 1.807) is 30.3 Å². The number of nitrogens with one attached hydrogen (secondary N) is 2. The first-order chi connectivity index (χ1) is 16.9. The van der Waals surface area contributed by atoms with E-state index < -0.39 is 33.4 Å². The van der Waals surface area contributed by atoms with Crippen molar-refractivity contribution in [1.29, 1.82) is 0 Å². The van der Waals surface area contributed by atoms with Gasteiger partial charge in [0.15, 0.2) is 0 Å². The maximum atomic E-state index is 12.9. The average Bonchev–Trinajstić information content (AvgIpc) is 2.79. The molecule has 0 fully saturated rings. The molecule has 2 aromatic carbocycles. The molecule has 0 aliphatic rings. The summed E-state index contributed by atoms with van der Waals surface area (Å²) in [5.41, 5.74) is 1.22. The van der Waals surface area contributed by atoms with Gasteiger partial charge < -0.3 is 10.4 Å². The molecule has 10 nitrogen and oxygen atoms in total. The zero-order valence-corrected chi connectivity index (χ0v) is 21.5. The third-order valence-electron chi connectivity index (χ3n) is 5.17. The lowest BCUT2D eigenvalue weighted by atomic mass is 9.99. The van der Waals surface area contributed by atoms with Gasteiger partial charge in [0.2, 0.25) is 10.0 Å². The van der Waals surface area contributed by atoms with E-state index in [1.807, 2.05) is 4.72 Å². The highest BCUT2D eigenvalue weighted by molar-refractivity contribution is 7.89. The van der Waals surface area contributed by atoms with E-state index in [0.717, 1.165) is 10.9 Å². The minimum atomic E-state index is -3.91. The monoisotopic (exact) mass is 552 g/mol. The van der Waals surface area contributed by atoms with Crippen LogP contribution >= 0.6 is 23.2 Å². The van der Waals surface area contributed by atoms with Crippen LogP contribution in [-0.4, -0.2) is 47.4 Å². The van der Waals surface area contributed by atoms with Crippen molar-refractivity contribution in [1.82, 2.24) is 19.8 Å². The van der Waals surface area contributed by atoms with Crippen LogP contribution in [-0.2, 0) is 34.9 Å². The predicted molar refractivity (Wildman–Crippen MR) is 135 cm³/mol. The van der Waals surface area contributed by atoms with Gasteiger partial charge in [-0.3, -0.25) is 19.1 Å². The zero-order valence-electron chi connectivity index (χ0n) is 19.2. The fourth-order valence-electron chi connectivity index (χ4n) is 3.45. The second-order valence-electron chi connectivity index (χ2n) is 7.89. The number of aromatic nitrogens is 2. The molecule has 13 heteroatoms. The Bertz CT molecular complexity index is 1450. The van der Waals surface area contributed by atoms with Crippen LogP contribution < -0.4 is 15.6 Å². The van der Waals surface area contributed by atoms with Crippen molar-refractivity contribution < 1.29 is 23.1 Å². The Morgan fingerprint density at radius 2 is 1.72 bits per heavy atom. The van der Waals surface area contributed by atoms with Gasteiger partial charge in [0.1, 0.15) is 6.04 Å². The molecule has 0 bridgehead atoms. The molecule has 0 aliphatic carbocycles. The second kappa shape index (κ2) is 11.2. The van der Waals surface area contributed by atoms with Gasteiger partial charge >= 0.3 is 0 Å². The Morgan fingerprint density at radius 1 is 1.11 bits per heavy atom. The molecule has 3 rings (SSSR count). The van der Waals surface area contributed by atoms with Crippen molar-refractivity contribution in [2.45, 2.75) is 19.1 Å². The standard InChI is InChI=1S/C23H22Cl2N4O6S/c1-29-23(33)19(15(12-30)11-26-29)14-8-6-13(7-9-14)10-18(21(31)28-36(2,34)35)27-22(32)20-16(24)4-3-5-17(20)25/h3-9,11,18,30H,10,12H2,1-2H3,(H,27,32)(H,28,31)/t18-/m0/s1. The molecule has 190 valence electrons. The van der Waals surface area contributed by atoms with Gasteiger partial charge in [-0.2, -0.15) is 5.10 Å². The number of carbonyl (C=O) groups is 2. The Balaban J connectivity index is 1.92. The van der Waals surface area contributed by atoms with Crippen LogP contribution in [0.25, 0.3) is 11.1 Å². The van der Waals surface area contributed by atoms with E-state index in [2.05, 4.69) is 10.4 Å². The first kappa shape index (κ1) is 27.3. The Labute approximate surface area is 216 Å². The first-order valence-electron chi connectivity index (χ1n) is 10.4. The molecule has 2 amide bonds. The molecule has 0 radical (unpaired) electrons. The summed E-state index contributed by atoms with van der Waals surface area (Å²) < 4.78 is 26.3. The summed E-state index contributed by atoms with van der Waals surface area (Å²) in [6, 6.07) is 9.62. The zero-order chi connectivity index (χ0) is 26.6. The number of halogens is 2. The van der Waals surface area contributed by atoms with E-state index in [0.29, 0.717) is 16.7 Å². The molecular formula is C23H22Cl2N4O6S. The molecule has 3 aromatic rings. The molecule has 1 heterocycles. The fourth-order valence-corrected chi connectivity index (χ4v) is 4.53. The highest BCUT2D eigenvalue weighted by atomic mass is 35.5. The summed E-state index contributed by atoms with van der Waals surface area (Å²) in [7, 11) is -2.42. The normalized spacial score (nSPS) is 12.1.